The standard InChI is InChI=1S/C16H25N3O/c1-19(11-8-13-6-9-18-10-7-13)16(20)15-5-3-2-4-14(15)12-17/h6-7,9-10,14-15H,2-5,8,11-12,17H2,1H3. The van der Waals surface area contributed by atoms with Crippen LogP contribution in [0.5, 0.6) is 0 Å². The average molecular weight is 275 g/mol. The highest BCUT2D eigenvalue weighted by Crippen LogP contribution is 2.30. The zero-order valence-corrected chi connectivity index (χ0v) is 12.3. The van der Waals surface area contributed by atoms with Crippen LogP contribution in [0.2, 0.25) is 0 Å². The van der Waals surface area contributed by atoms with Crippen molar-refractivity contribution in [3.8, 4) is 0 Å². The largest absolute Gasteiger partial charge is 0.345 e. The average Bonchev–Trinajstić information content (AvgIpc) is 2.52. The second-order valence-corrected chi connectivity index (χ2v) is 5.75. The van der Waals surface area contributed by atoms with E-state index in [9.17, 15) is 4.79 Å². The van der Waals surface area contributed by atoms with Crippen LogP contribution in [0.4, 0.5) is 0 Å². The summed E-state index contributed by atoms with van der Waals surface area (Å²) in [6, 6.07) is 4.00. The first-order chi connectivity index (χ1) is 9.72. The quantitative estimate of drug-likeness (QED) is 0.892. The Hall–Kier alpha value is -1.42. The van der Waals surface area contributed by atoms with Gasteiger partial charge in [0.1, 0.15) is 0 Å². The fourth-order valence-electron chi connectivity index (χ4n) is 3.05. The first-order valence-electron chi connectivity index (χ1n) is 7.56. The van der Waals surface area contributed by atoms with Crippen molar-refractivity contribution in [1.82, 2.24) is 9.88 Å². The Balaban J connectivity index is 1.87. The Labute approximate surface area is 121 Å². The molecule has 1 aromatic rings. The van der Waals surface area contributed by atoms with Crippen molar-refractivity contribution in [3.05, 3.63) is 30.1 Å². The van der Waals surface area contributed by atoms with E-state index in [2.05, 4.69) is 4.98 Å². The lowest BCUT2D eigenvalue weighted by atomic mass is 9.78. The SMILES string of the molecule is CN(CCc1ccncc1)C(=O)C1CCCCC1CN. The number of nitrogens with zero attached hydrogens (tertiary/aromatic N) is 2. The molecule has 1 aliphatic carbocycles. The van der Waals surface area contributed by atoms with Gasteiger partial charge in [0, 0.05) is 31.9 Å². The van der Waals surface area contributed by atoms with E-state index in [4.69, 9.17) is 5.73 Å². The first kappa shape index (κ1) is 15.0. The zero-order valence-electron chi connectivity index (χ0n) is 12.3. The Morgan fingerprint density at radius 2 is 2.05 bits per heavy atom. The molecule has 2 N–H and O–H groups in total. The van der Waals surface area contributed by atoms with Gasteiger partial charge in [-0.05, 0) is 49.4 Å². The second-order valence-electron chi connectivity index (χ2n) is 5.75. The number of pyridine rings is 1. The molecule has 1 heterocycles. The number of carbonyl (C=O) groups is 1. The maximum absolute atomic E-state index is 12.5. The highest BCUT2D eigenvalue weighted by molar-refractivity contribution is 5.79. The Morgan fingerprint density at radius 3 is 2.75 bits per heavy atom. The summed E-state index contributed by atoms with van der Waals surface area (Å²) >= 11 is 0. The van der Waals surface area contributed by atoms with Crippen LogP contribution in [0.25, 0.3) is 0 Å². The minimum atomic E-state index is 0.135. The highest BCUT2D eigenvalue weighted by atomic mass is 16.2. The molecule has 2 atom stereocenters. The summed E-state index contributed by atoms with van der Waals surface area (Å²) < 4.78 is 0. The summed E-state index contributed by atoms with van der Waals surface area (Å²) in [5.41, 5.74) is 7.04. The molecule has 1 aliphatic rings. The minimum absolute atomic E-state index is 0.135. The number of nitrogens with two attached hydrogens (primary N) is 1. The number of rotatable bonds is 5. The summed E-state index contributed by atoms with van der Waals surface area (Å²) in [5, 5.41) is 0. The van der Waals surface area contributed by atoms with Gasteiger partial charge in [-0.15, -0.1) is 0 Å². The van der Waals surface area contributed by atoms with Gasteiger partial charge in [0.15, 0.2) is 0 Å². The number of hydrogen-bond acceptors (Lipinski definition) is 3. The Kier molecular flexibility index (Phi) is 5.53. The predicted molar refractivity (Wildman–Crippen MR) is 80.1 cm³/mol. The summed E-state index contributed by atoms with van der Waals surface area (Å²) in [6.45, 7) is 1.39. The molecule has 2 rings (SSSR count). The van der Waals surface area contributed by atoms with Crippen molar-refractivity contribution in [2.45, 2.75) is 32.1 Å². The van der Waals surface area contributed by atoms with Crippen LogP contribution in [0.3, 0.4) is 0 Å². The molecule has 2 unspecified atom stereocenters. The molecule has 1 amide bonds. The number of hydrogen-bond donors (Lipinski definition) is 1. The molecule has 20 heavy (non-hydrogen) atoms. The molecule has 0 aliphatic heterocycles. The first-order valence-corrected chi connectivity index (χ1v) is 7.56. The van der Waals surface area contributed by atoms with E-state index in [1.807, 2.05) is 24.1 Å². The molecule has 1 aromatic heterocycles. The van der Waals surface area contributed by atoms with Crippen LogP contribution in [-0.2, 0) is 11.2 Å². The third-order valence-electron chi connectivity index (χ3n) is 4.39. The summed E-state index contributed by atoms with van der Waals surface area (Å²) in [4.78, 5) is 18.4. The molecule has 0 radical (unpaired) electrons. The number of carbonyl (C=O) groups excluding carboxylic acids is 1. The molecule has 1 saturated carbocycles. The predicted octanol–water partition coefficient (Wildman–Crippen LogP) is 1.85. The van der Waals surface area contributed by atoms with Crippen LogP contribution < -0.4 is 5.73 Å². The van der Waals surface area contributed by atoms with Gasteiger partial charge in [-0.25, -0.2) is 0 Å². The van der Waals surface area contributed by atoms with E-state index in [0.717, 1.165) is 32.2 Å². The van der Waals surface area contributed by atoms with Crippen molar-refractivity contribution >= 4 is 5.91 Å². The molecule has 0 spiro atoms. The van der Waals surface area contributed by atoms with Crippen molar-refractivity contribution < 1.29 is 4.79 Å². The number of aromatic nitrogens is 1. The minimum Gasteiger partial charge on any atom is -0.345 e. The number of amides is 1. The van der Waals surface area contributed by atoms with E-state index >= 15 is 0 Å². The number of likely N-dealkylation sites (N-methyl/N-ethyl adjacent to an activating group) is 1. The van der Waals surface area contributed by atoms with Crippen LogP contribution in [0, 0.1) is 11.8 Å². The van der Waals surface area contributed by atoms with Gasteiger partial charge in [-0.2, -0.15) is 0 Å². The van der Waals surface area contributed by atoms with E-state index in [1.54, 1.807) is 12.4 Å². The van der Waals surface area contributed by atoms with Gasteiger partial charge < -0.3 is 10.6 Å². The fraction of sp³-hybridized carbons (Fsp3) is 0.625. The maximum atomic E-state index is 12.5. The van der Waals surface area contributed by atoms with E-state index in [-0.39, 0.29) is 11.8 Å². The molecule has 4 nitrogen and oxygen atoms in total. The second kappa shape index (κ2) is 7.39. The van der Waals surface area contributed by atoms with Gasteiger partial charge in [0.25, 0.3) is 0 Å². The normalized spacial score (nSPS) is 22.5. The lowest BCUT2D eigenvalue weighted by Crippen LogP contribution is -2.41. The van der Waals surface area contributed by atoms with Gasteiger partial charge in [0.05, 0.1) is 0 Å². The zero-order chi connectivity index (χ0) is 14.4. The van der Waals surface area contributed by atoms with E-state index in [1.165, 1.54) is 12.0 Å². The summed E-state index contributed by atoms with van der Waals surface area (Å²) in [6.07, 6.45) is 8.94. The van der Waals surface area contributed by atoms with Gasteiger partial charge >= 0.3 is 0 Å². The van der Waals surface area contributed by atoms with Crippen LogP contribution >= 0.6 is 0 Å². The van der Waals surface area contributed by atoms with Crippen LogP contribution in [0.15, 0.2) is 24.5 Å². The van der Waals surface area contributed by atoms with Crippen LogP contribution in [0.1, 0.15) is 31.2 Å². The topological polar surface area (TPSA) is 59.2 Å². The Bertz CT molecular complexity index is 421. The highest BCUT2D eigenvalue weighted by Gasteiger charge is 2.31. The Morgan fingerprint density at radius 1 is 1.35 bits per heavy atom. The van der Waals surface area contributed by atoms with E-state index in [0.29, 0.717) is 12.5 Å². The van der Waals surface area contributed by atoms with Crippen molar-refractivity contribution in [2.24, 2.45) is 17.6 Å². The molecule has 0 aromatic carbocycles. The molecule has 1 fully saturated rings. The van der Waals surface area contributed by atoms with Crippen molar-refractivity contribution in [2.75, 3.05) is 20.1 Å². The van der Waals surface area contributed by atoms with Crippen molar-refractivity contribution in [3.63, 3.8) is 0 Å². The molecule has 0 saturated heterocycles. The molecule has 4 heteroatoms. The lowest BCUT2D eigenvalue weighted by molar-refractivity contribution is -0.137. The maximum Gasteiger partial charge on any atom is 0.225 e. The summed E-state index contributed by atoms with van der Waals surface area (Å²) in [7, 11) is 1.91. The van der Waals surface area contributed by atoms with Gasteiger partial charge in [0.2, 0.25) is 5.91 Å². The smallest absolute Gasteiger partial charge is 0.225 e. The summed E-state index contributed by atoms with van der Waals surface area (Å²) in [5.74, 6) is 0.782. The van der Waals surface area contributed by atoms with Crippen LogP contribution in [-0.4, -0.2) is 35.9 Å². The molecule has 110 valence electrons. The van der Waals surface area contributed by atoms with E-state index < -0.39 is 0 Å². The van der Waals surface area contributed by atoms with Crippen molar-refractivity contribution in [1.29, 1.82) is 0 Å². The molecule has 0 bridgehead atoms. The molecular weight excluding hydrogens is 250 g/mol. The van der Waals surface area contributed by atoms with Gasteiger partial charge in [-0.3, -0.25) is 9.78 Å². The van der Waals surface area contributed by atoms with Gasteiger partial charge in [-0.1, -0.05) is 12.8 Å². The fourth-order valence-corrected chi connectivity index (χ4v) is 3.05. The monoisotopic (exact) mass is 275 g/mol. The molecular formula is C16H25N3O. The third kappa shape index (κ3) is 3.79. The lowest BCUT2D eigenvalue weighted by Gasteiger charge is -2.32. The third-order valence-corrected chi connectivity index (χ3v) is 4.39.